The van der Waals surface area contributed by atoms with Gasteiger partial charge >= 0.3 is 0 Å². The van der Waals surface area contributed by atoms with Crippen LogP contribution in [0, 0.1) is 6.92 Å². The normalized spacial score (nSPS) is 15.0. The van der Waals surface area contributed by atoms with E-state index in [2.05, 4.69) is 32.9 Å². The highest BCUT2D eigenvalue weighted by Crippen LogP contribution is 2.35. The number of imide groups is 1. The summed E-state index contributed by atoms with van der Waals surface area (Å²) in [6.45, 7) is 9.53. The molecular formula is C30H31NO4S. The molecule has 0 atom stereocenters. The minimum atomic E-state index is -0.289. The van der Waals surface area contributed by atoms with Crippen molar-refractivity contribution in [2.75, 3.05) is 13.2 Å². The molecule has 0 aliphatic carbocycles. The fourth-order valence-corrected chi connectivity index (χ4v) is 4.58. The molecule has 186 valence electrons. The zero-order chi connectivity index (χ0) is 25.7. The molecule has 5 nitrogen and oxygen atoms in total. The molecule has 3 aromatic carbocycles. The molecule has 0 radical (unpaired) electrons. The fraction of sp³-hybridized carbons (Fsp3) is 0.267. The Labute approximate surface area is 217 Å². The van der Waals surface area contributed by atoms with Crippen molar-refractivity contribution >= 4 is 29.0 Å². The van der Waals surface area contributed by atoms with Gasteiger partial charge in [-0.05, 0) is 59.5 Å². The van der Waals surface area contributed by atoms with Crippen LogP contribution < -0.4 is 9.47 Å². The lowest BCUT2D eigenvalue weighted by Gasteiger charge is -2.19. The van der Waals surface area contributed by atoms with Crippen molar-refractivity contribution < 1.29 is 19.1 Å². The molecule has 0 N–H and O–H groups in total. The van der Waals surface area contributed by atoms with E-state index >= 15 is 0 Å². The summed E-state index contributed by atoms with van der Waals surface area (Å²) in [6.07, 6.45) is 1.72. The van der Waals surface area contributed by atoms with Crippen LogP contribution in [-0.4, -0.2) is 29.3 Å². The molecular weight excluding hydrogens is 470 g/mol. The lowest BCUT2D eigenvalue weighted by atomic mass is 9.87. The Morgan fingerprint density at radius 3 is 2.22 bits per heavy atom. The van der Waals surface area contributed by atoms with Gasteiger partial charge in [0.25, 0.3) is 11.1 Å². The van der Waals surface area contributed by atoms with E-state index < -0.39 is 0 Å². The summed E-state index contributed by atoms with van der Waals surface area (Å²) >= 11 is 0.954. The number of aryl methyl sites for hydroxylation is 1. The Bertz CT molecular complexity index is 1260. The zero-order valence-electron chi connectivity index (χ0n) is 21.1. The van der Waals surface area contributed by atoms with Crippen molar-refractivity contribution in [3.8, 4) is 11.5 Å². The smallest absolute Gasteiger partial charge is 0.293 e. The number of amides is 2. The van der Waals surface area contributed by atoms with Crippen molar-refractivity contribution in [1.82, 2.24) is 4.90 Å². The van der Waals surface area contributed by atoms with Crippen LogP contribution in [0.3, 0.4) is 0 Å². The first-order valence-corrected chi connectivity index (χ1v) is 12.8. The highest BCUT2D eigenvalue weighted by molar-refractivity contribution is 8.18. The summed E-state index contributed by atoms with van der Waals surface area (Å²) < 4.78 is 11.8. The Balaban J connectivity index is 1.37. The summed E-state index contributed by atoms with van der Waals surface area (Å²) in [5, 5.41) is -0.267. The summed E-state index contributed by atoms with van der Waals surface area (Å²) in [6, 6.07) is 23.4. The first kappa shape index (κ1) is 25.6. The van der Waals surface area contributed by atoms with Crippen molar-refractivity contribution in [2.45, 2.75) is 39.7 Å². The SMILES string of the molecule is Cc1ccc(CN2C(=O)S/C(=C\c3ccccc3OCCOc3ccc(C(C)(C)C)cc3)C2=O)cc1. The zero-order valence-corrected chi connectivity index (χ0v) is 21.9. The number of thioether (sulfide) groups is 1. The monoisotopic (exact) mass is 501 g/mol. The van der Waals surface area contributed by atoms with Gasteiger partial charge in [0.15, 0.2) is 0 Å². The summed E-state index contributed by atoms with van der Waals surface area (Å²) in [4.78, 5) is 27.2. The van der Waals surface area contributed by atoms with E-state index in [0.717, 1.165) is 34.2 Å². The molecule has 1 fully saturated rings. The van der Waals surface area contributed by atoms with E-state index in [-0.39, 0.29) is 23.1 Å². The number of para-hydroxylation sites is 1. The van der Waals surface area contributed by atoms with Gasteiger partial charge in [-0.15, -0.1) is 0 Å². The van der Waals surface area contributed by atoms with Crippen LogP contribution in [0.25, 0.3) is 6.08 Å². The Kier molecular flexibility index (Phi) is 7.85. The topological polar surface area (TPSA) is 55.8 Å². The number of carbonyl (C=O) groups is 2. The molecule has 0 unspecified atom stereocenters. The Morgan fingerprint density at radius 1 is 0.861 bits per heavy atom. The molecule has 0 saturated carbocycles. The van der Waals surface area contributed by atoms with Gasteiger partial charge in [0.1, 0.15) is 24.7 Å². The van der Waals surface area contributed by atoms with Crippen LogP contribution in [-0.2, 0) is 16.8 Å². The van der Waals surface area contributed by atoms with E-state index in [9.17, 15) is 9.59 Å². The van der Waals surface area contributed by atoms with Crippen LogP contribution >= 0.6 is 11.8 Å². The van der Waals surface area contributed by atoms with E-state index in [0.29, 0.717) is 23.9 Å². The third kappa shape index (κ3) is 6.38. The predicted molar refractivity (Wildman–Crippen MR) is 145 cm³/mol. The van der Waals surface area contributed by atoms with Gasteiger partial charge in [0.2, 0.25) is 0 Å². The predicted octanol–water partition coefficient (Wildman–Crippen LogP) is 6.99. The van der Waals surface area contributed by atoms with Crippen LogP contribution in [0.1, 0.15) is 43.0 Å². The minimum Gasteiger partial charge on any atom is -0.490 e. The Hall–Kier alpha value is -3.51. The maximum absolute atomic E-state index is 13.0. The number of ether oxygens (including phenoxy) is 2. The molecule has 3 aromatic rings. The molecule has 36 heavy (non-hydrogen) atoms. The Morgan fingerprint density at radius 2 is 1.53 bits per heavy atom. The molecule has 1 heterocycles. The first-order valence-electron chi connectivity index (χ1n) is 12.0. The van der Waals surface area contributed by atoms with Crippen molar-refractivity contribution in [2.24, 2.45) is 0 Å². The van der Waals surface area contributed by atoms with E-state index in [1.807, 2.05) is 67.6 Å². The lowest BCUT2D eigenvalue weighted by Crippen LogP contribution is -2.27. The highest BCUT2D eigenvalue weighted by Gasteiger charge is 2.35. The van der Waals surface area contributed by atoms with Gasteiger partial charge in [-0.25, -0.2) is 0 Å². The van der Waals surface area contributed by atoms with Crippen LogP contribution in [0.5, 0.6) is 11.5 Å². The number of hydrogen-bond donors (Lipinski definition) is 0. The molecule has 0 spiro atoms. The summed E-state index contributed by atoms with van der Waals surface area (Å²) in [5.74, 6) is 1.14. The molecule has 0 bridgehead atoms. The first-order chi connectivity index (χ1) is 17.2. The average molecular weight is 502 g/mol. The molecule has 6 heteroatoms. The average Bonchev–Trinajstić information content (AvgIpc) is 3.11. The summed E-state index contributed by atoms with van der Waals surface area (Å²) in [5.41, 5.74) is 4.14. The number of benzene rings is 3. The van der Waals surface area contributed by atoms with Gasteiger partial charge in [0.05, 0.1) is 11.4 Å². The molecule has 2 amide bonds. The van der Waals surface area contributed by atoms with Gasteiger partial charge in [-0.1, -0.05) is 80.9 Å². The number of hydrogen-bond acceptors (Lipinski definition) is 5. The second kappa shape index (κ2) is 11.0. The van der Waals surface area contributed by atoms with Crippen LogP contribution in [0.2, 0.25) is 0 Å². The number of nitrogens with zero attached hydrogens (tertiary/aromatic N) is 1. The fourth-order valence-electron chi connectivity index (χ4n) is 3.75. The van der Waals surface area contributed by atoms with Gasteiger partial charge in [-0.3, -0.25) is 14.5 Å². The maximum Gasteiger partial charge on any atom is 0.293 e. The summed E-state index contributed by atoms with van der Waals surface area (Å²) in [7, 11) is 0. The number of carbonyl (C=O) groups excluding carboxylic acids is 2. The van der Waals surface area contributed by atoms with Gasteiger partial charge < -0.3 is 9.47 Å². The van der Waals surface area contributed by atoms with E-state index in [4.69, 9.17) is 9.47 Å². The second-order valence-corrected chi connectivity index (χ2v) is 10.8. The van der Waals surface area contributed by atoms with E-state index in [1.54, 1.807) is 6.08 Å². The maximum atomic E-state index is 13.0. The quantitative estimate of drug-likeness (QED) is 0.246. The third-order valence-corrected chi connectivity index (χ3v) is 6.78. The highest BCUT2D eigenvalue weighted by atomic mass is 32.2. The largest absolute Gasteiger partial charge is 0.490 e. The van der Waals surface area contributed by atoms with Crippen molar-refractivity contribution in [1.29, 1.82) is 0 Å². The van der Waals surface area contributed by atoms with Gasteiger partial charge in [0, 0.05) is 5.56 Å². The van der Waals surface area contributed by atoms with Crippen LogP contribution in [0.4, 0.5) is 4.79 Å². The lowest BCUT2D eigenvalue weighted by molar-refractivity contribution is -0.123. The van der Waals surface area contributed by atoms with Crippen molar-refractivity contribution in [3.63, 3.8) is 0 Å². The standard InChI is InChI=1S/C30H31NO4S/c1-21-9-11-22(12-10-21)20-31-28(32)27(36-29(31)33)19-23-7-5-6-8-26(23)35-18-17-34-25-15-13-24(14-16-25)30(2,3)4/h5-16,19H,17-18,20H2,1-4H3/b27-19-. The van der Waals surface area contributed by atoms with Crippen molar-refractivity contribution in [3.05, 3.63) is 100.0 Å². The molecule has 1 aliphatic rings. The molecule has 0 aromatic heterocycles. The molecule has 1 aliphatic heterocycles. The number of rotatable bonds is 8. The van der Waals surface area contributed by atoms with Gasteiger partial charge in [-0.2, -0.15) is 0 Å². The molecule has 1 saturated heterocycles. The second-order valence-electron chi connectivity index (χ2n) is 9.76. The molecule has 4 rings (SSSR count). The van der Waals surface area contributed by atoms with Crippen LogP contribution in [0.15, 0.2) is 77.7 Å². The minimum absolute atomic E-state index is 0.0984. The van der Waals surface area contributed by atoms with E-state index in [1.165, 1.54) is 10.5 Å². The third-order valence-electron chi connectivity index (χ3n) is 5.87.